The number of rotatable bonds is 42. The zero-order valence-corrected chi connectivity index (χ0v) is 54.0. The van der Waals surface area contributed by atoms with Gasteiger partial charge in [-0.05, 0) is 147 Å². The van der Waals surface area contributed by atoms with E-state index < -0.39 is 54.1 Å². The van der Waals surface area contributed by atoms with Crippen LogP contribution in [0.25, 0.3) is 0 Å². The zero-order chi connectivity index (χ0) is 69.2. The number of hydrogen-bond donors (Lipinski definition) is 19. The molecule has 6 amide bonds. The van der Waals surface area contributed by atoms with Crippen LogP contribution >= 0.6 is 0 Å². The van der Waals surface area contributed by atoms with Crippen molar-refractivity contribution in [3.63, 3.8) is 0 Å². The molecule has 2 aliphatic carbocycles. The number of guanidine groups is 4. The molecule has 3 aromatic carbocycles. The van der Waals surface area contributed by atoms with Crippen LogP contribution in [0.2, 0.25) is 0 Å². The highest BCUT2D eigenvalue weighted by molar-refractivity contribution is 6.05. The van der Waals surface area contributed by atoms with Crippen molar-refractivity contribution in [1.29, 1.82) is 21.6 Å². The zero-order valence-electron chi connectivity index (χ0n) is 54.0. The molecule has 0 saturated heterocycles. The summed E-state index contributed by atoms with van der Waals surface area (Å²) in [5.41, 5.74) is 33.1. The van der Waals surface area contributed by atoms with Crippen molar-refractivity contribution in [2.45, 2.75) is 153 Å². The van der Waals surface area contributed by atoms with Gasteiger partial charge in [-0.2, -0.15) is 0 Å². The SMILES string of the molecule is COc1cc(OCC(=O)O)c(C(=O)N[C@H]2CC[C@H](NC(=O)c3cc(C(N)=O)c(OCCCCCNC(=N)N)cc3OCCCCCNC(=N)N)CC2)cc1C(=O)N[C@H]1CC[C@H](NC(=O)c2cc(C(N)=O)c(OCCCCCNC(=N)N)cc2OCCCCCNC(=N)N)CC1. The molecule has 0 unspecified atom stereocenters. The highest BCUT2D eigenvalue weighted by Crippen LogP contribution is 2.35. The Bertz CT molecular complexity index is 3140. The smallest absolute Gasteiger partial charge is 0.341 e. The van der Waals surface area contributed by atoms with Gasteiger partial charge in [-0.25, -0.2) is 4.79 Å². The van der Waals surface area contributed by atoms with Crippen LogP contribution in [-0.2, 0) is 4.79 Å². The summed E-state index contributed by atoms with van der Waals surface area (Å²) < 4.78 is 35.5. The molecular weight excluding hydrogens is 1230 g/mol. The number of amides is 6. The summed E-state index contributed by atoms with van der Waals surface area (Å²) in [5, 5.41) is 62.1. The van der Waals surface area contributed by atoms with Crippen LogP contribution in [0.15, 0.2) is 36.4 Å². The minimum atomic E-state index is -1.31. The van der Waals surface area contributed by atoms with Gasteiger partial charge >= 0.3 is 5.97 Å². The van der Waals surface area contributed by atoms with Crippen LogP contribution in [0.5, 0.6) is 34.5 Å². The Labute approximate surface area is 552 Å². The number of nitrogens with one attached hydrogen (secondary N) is 12. The van der Waals surface area contributed by atoms with E-state index in [1.807, 2.05) is 0 Å². The summed E-state index contributed by atoms with van der Waals surface area (Å²) in [5.74, 6) is -5.20. The molecule has 32 nitrogen and oxygen atoms in total. The Hall–Kier alpha value is -10.2. The lowest BCUT2D eigenvalue weighted by Gasteiger charge is -2.30. The van der Waals surface area contributed by atoms with Gasteiger partial charge < -0.3 is 110 Å². The first-order chi connectivity index (χ1) is 45.5. The highest BCUT2D eigenvalue weighted by Gasteiger charge is 2.32. The Morgan fingerprint density at radius 1 is 0.368 bits per heavy atom. The Balaban J connectivity index is 1.22. The molecule has 25 N–H and O–H groups in total. The number of ether oxygens (including phenoxy) is 6. The monoisotopic (exact) mass is 1330 g/mol. The second-order valence-corrected chi connectivity index (χ2v) is 23.1. The molecule has 0 aliphatic heterocycles. The summed E-state index contributed by atoms with van der Waals surface area (Å²) in [6.07, 6.45) is 11.6. The van der Waals surface area contributed by atoms with Gasteiger partial charge in [0.05, 0.1) is 66.9 Å². The van der Waals surface area contributed by atoms with E-state index in [0.29, 0.717) is 116 Å². The number of nitrogens with two attached hydrogens (primary N) is 6. The number of methoxy groups -OCH3 is 1. The second kappa shape index (κ2) is 40.1. The van der Waals surface area contributed by atoms with Gasteiger partial charge in [-0.1, -0.05) is 0 Å². The number of unbranched alkanes of at least 4 members (excludes halogenated alkanes) is 8. The van der Waals surface area contributed by atoms with Crippen molar-refractivity contribution in [2.24, 2.45) is 34.4 Å². The first-order valence-electron chi connectivity index (χ1n) is 32.1. The van der Waals surface area contributed by atoms with Crippen molar-refractivity contribution < 1.29 is 67.1 Å². The molecule has 2 aliphatic rings. The van der Waals surface area contributed by atoms with Crippen LogP contribution in [-0.4, -0.2) is 161 Å². The number of hydrogen-bond acceptors (Lipinski definition) is 17. The summed E-state index contributed by atoms with van der Waals surface area (Å²) in [7, 11) is 1.31. The molecule has 3 aromatic rings. The molecule has 0 atom stereocenters. The highest BCUT2D eigenvalue weighted by atomic mass is 16.5. The first-order valence-corrected chi connectivity index (χ1v) is 32.1. The average molecular weight is 1330 g/mol. The van der Waals surface area contributed by atoms with Gasteiger partial charge in [0.2, 0.25) is 0 Å². The Morgan fingerprint density at radius 3 is 0.863 bits per heavy atom. The Kier molecular flexibility index (Phi) is 31.9. The first kappa shape index (κ1) is 75.5. The number of benzene rings is 3. The van der Waals surface area contributed by atoms with Crippen LogP contribution in [0.1, 0.15) is 191 Å². The number of aliphatic carboxylic acids is 1. The van der Waals surface area contributed by atoms with Crippen molar-refractivity contribution in [1.82, 2.24) is 42.5 Å². The van der Waals surface area contributed by atoms with E-state index in [0.717, 1.165) is 38.5 Å². The molecule has 5 rings (SSSR count). The maximum atomic E-state index is 14.2. The summed E-state index contributed by atoms with van der Waals surface area (Å²) in [4.78, 5) is 94.0. The van der Waals surface area contributed by atoms with E-state index in [1.165, 1.54) is 43.5 Å². The van der Waals surface area contributed by atoms with Gasteiger partial charge in [0.15, 0.2) is 30.4 Å². The van der Waals surface area contributed by atoms with E-state index in [-0.39, 0.29) is 136 Å². The fourth-order valence-electron chi connectivity index (χ4n) is 10.7. The van der Waals surface area contributed by atoms with Crippen molar-refractivity contribution in [2.75, 3.05) is 66.3 Å². The minimum Gasteiger partial charge on any atom is -0.496 e. The molecule has 2 saturated carbocycles. The lowest BCUT2D eigenvalue weighted by atomic mass is 9.90. The Morgan fingerprint density at radius 2 is 0.611 bits per heavy atom. The predicted molar refractivity (Wildman–Crippen MR) is 355 cm³/mol. The van der Waals surface area contributed by atoms with Crippen LogP contribution in [0, 0.1) is 21.6 Å². The molecule has 32 heteroatoms. The lowest BCUT2D eigenvalue weighted by Crippen LogP contribution is -2.44. The van der Waals surface area contributed by atoms with Gasteiger partial charge in [0.25, 0.3) is 35.4 Å². The van der Waals surface area contributed by atoms with Crippen LogP contribution in [0.4, 0.5) is 0 Å². The van der Waals surface area contributed by atoms with Gasteiger partial charge in [0.1, 0.15) is 34.5 Å². The molecule has 0 radical (unpaired) electrons. The van der Waals surface area contributed by atoms with Crippen molar-refractivity contribution >= 4 is 65.3 Å². The van der Waals surface area contributed by atoms with E-state index in [2.05, 4.69) is 42.5 Å². The average Bonchev–Trinajstić information content (AvgIpc) is 0.829. The third kappa shape index (κ3) is 26.8. The topological polar surface area (TPSA) is 543 Å². The van der Waals surface area contributed by atoms with Gasteiger partial charge in [-0.3, -0.25) is 50.4 Å². The fourth-order valence-corrected chi connectivity index (χ4v) is 10.7. The maximum absolute atomic E-state index is 14.2. The summed E-state index contributed by atoms with van der Waals surface area (Å²) in [6, 6.07) is 6.74. The van der Waals surface area contributed by atoms with Crippen molar-refractivity contribution in [3.05, 3.63) is 69.8 Å². The third-order valence-corrected chi connectivity index (χ3v) is 15.7. The summed E-state index contributed by atoms with van der Waals surface area (Å²) in [6.45, 7) is 2.13. The number of carbonyl (C=O) groups is 7. The standard InChI is InChI=1S/C63H96N18O14/c1-90-47-33-52(95-36-53(82)83)46(59(89)81-40-20-18-39(19-21-40)80-58(88)45-31-42(55(65)85)49(92-27-11-3-7-23-75-61(68)69)35-51(45)94-29-13-5-9-25-77-63(72)73)32-43(47)56(86)78-37-14-16-38(17-15-37)79-57(87)44-30-41(54(64)84)48(91-26-10-2-6-22-74-60(66)67)34-50(44)93-28-12-4-8-24-76-62(70)71/h30-35,37-40H,2-29,36H2,1H3,(H2,64,84)(H2,65,85)(H,78,86)(H,79,87)(H,80,88)(H,81,89)(H,82,83)(H4,66,67,74)(H4,68,69,75)(H4,70,71,76)(H4,72,73,77)/t37-,38-,39-,40-. The quantitative estimate of drug-likeness (QED) is 0.0220. The fraction of sp³-hybridized carbons (Fsp3) is 0.540. The number of carboxylic acids is 1. The molecule has 95 heavy (non-hydrogen) atoms. The summed E-state index contributed by atoms with van der Waals surface area (Å²) >= 11 is 0. The van der Waals surface area contributed by atoms with Crippen LogP contribution < -0.4 is 105 Å². The predicted octanol–water partition coefficient (Wildman–Crippen LogP) is 2.43. The molecule has 522 valence electrons. The van der Waals surface area contributed by atoms with Crippen LogP contribution in [0.3, 0.4) is 0 Å². The molecule has 2 fully saturated rings. The molecule has 0 spiro atoms. The van der Waals surface area contributed by atoms with Crippen molar-refractivity contribution in [3.8, 4) is 34.5 Å². The molecular formula is C63H96N18O14. The van der Waals surface area contributed by atoms with E-state index in [4.69, 9.17) is 84.5 Å². The number of primary amides is 2. The van der Waals surface area contributed by atoms with Gasteiger partial charge in [0, 0.05) is 68.5 Å². The molecule has 0 bridgehead atoms. The maximum Gasteiger partial charge on any atom is 0.341 e. The number of carboxylic acid groups (broad SMARTS) is 1. The molecule has 0 aromatic heterocycles. The normalized spacial score (nSPS) is 15.7. The van der Waals surface area contributed by atoms with E-state index in [9.17, 15) is 38.7 Å². The molecule has 0 heterocycles. The van der Waals surface area contributed by atoms with Gasteiger partial charge in [-0.15, -0.1) is 0 Å². The van der Waals surface area contributed by atoms with E-state index >= 15 is 0 Å². The second-order valence-electron chi connectivity index (χ2n) is 23.1. The number of carbonyl (C=O) groups excluding carboxylic acids is 6. The van der Waals surface area contributed by atoms with E-state index in [1.54, 1.807) is 0 Å². The third-order valence-electron chi connectivity index (χ3n) is 15.7. The lowest BCUT2D eigenvalue weighted by molar-refractivity contribution is -0.139. The minimum absolute atomic E-state index is 0.00840. The largest absolute Gasteiger partial charge is 0.496 e.